The molecule has 0 aromatic heterocycles. The highest BCUT2D eigenvalue weighted by Gasteiger charge is 2.10. The molecule has 0 fully saturated rings. The molecule has 116 valence electrons. The molecule has 1 atom stereocenters. The van der Waals surface area contributed by atoms with E-state index in [4.69, 9.17) is 16.3 Å². The van der Waals surface area contributed by atoms with E-state index in [2.05, 4.69) is 5.32 Å². The highest BCUT2D eigenvalue weighted by atomic mass is 35.5. The van der Waals surface area contributed by atoms with E-state index in [1.807, 2.05) is 62.4 Å². The van der Waals surface area contributed by atoms with Crippen molar-refractivity contribution in [3.8, 4) is 5.75 Å². The van der Waals surface area contributed by atoms with E-state index in [9.17, 15) is 4.79 Å². The minimum absolute atomic E-state index is 0.0420. The Balaban J connectivity index is 1.76. The van der Waals surface area contributed by atoms with E-state index < -0.39 is 0 Å². The number of carbonyl (C=O) groups is 1. The maximum atomic E-state index is 11.9. The molecule has 0 saturated heterocycles. The molecule has 0 aliphatic carbocycles. The Morgan fingerprint density at radius 2 is 1.95 bits per heavy atom. The molecular weight excluding hydrogens is 298 g/mol. The second-order valence-corrected chi connectivity index (χ2v) is 5.69. The molecule has 0 spiro atoms. The van der Waals surface area contributed by atoms with E-state index in [-0.39, 0.29) is 11.9 Å². The maximum absolute atomic E-state index is 11.9. The number of halogens is 1. The second kappa shape index (κ2) is 7.85. The average Bonchev–Trinajstić information content (AvgIpc) is 2.49. The molecule has 0 bridgehead atoms. The summed E-state index contributed by atoms with van der Waals surface area (Å²) in [5, 5.41) is 3.61. The Kier molecular flexibility index (Phi) is 5.84. The Morgan fingerprint density at radius 1 is 1.23 bits per heavy atom. The van der Waals surface area contributed by atoms with Gasteiger partial charge in [-0.2, -0.15) is 0 Å². The fraction of sp³-hybridized carbons (Fsp3) is 0.278. The van der Waals surface area contributed by atoms with Crippen molar-refractivity contribution in [1.29, 1.82) is 0 Å². The van der Waals surface area contributed by atoms with Gasteiger partial charge in [-0.15, -0.1) is 0 Å². The van der Waals surface area contributed by atoms with Gasteiger partial charge in [0, 0.05) is 5.02 Å². The zero-order valence-corrected chi connectivity index (χ0v) is 13.6. The number of hydrogen-bond acceptors (Lipinski definition) is 2. The van der Waals surface area contributed by atoms with E-state index in [0.717, 1.165) is 11.3 Å². The van der Waals surface area contributed by atoms with Crippen molar-refractivity contribution in [1.82, 2.24) is 5.32 Å². The molecule has 22 heavy (non-hydrogen) atoms. The summed E-state index contributed by atoms with van der Waals surface area (Å²) in [6.07, 6.45) is 0.318. The second-order valence-electron chi connectivity index (χ2n) is 5.26. The van der Waals surface area contributed by atoms with Crippen LogP contribution in [0.4, 0.5) is 0 Å². The first-order chi connectivity index (χ1) is 10.5. The zero-order chi connectivity index (χ0) is 15.9. The van der Waals surface area contributed by atoms with Gasteiger partial charge in [0.1, 0.15) is 5.75 Å². The molecule has 0 radical (unpaired) electrons. The molecule has 0 aliphatic heterocycles. The molecular formula is C18H20ClNO2. The third-order valence-electron chi connectivity index (χ3n) is 3.35. The van der Waals surface area contributed by atoms with Crippen LogP contribution in [-0.2, 0) is 4.79 Å². The predicted molar refractivity (Wildman–Crippen MR) is 89.3 cm³/mol. The van der Waals surface area contributed by atoms with Crippen LogP contribution in [0.25, 0.3) is 0 Å². The van der Waals surface area contributed by atoms with Crippen LogP contribution < -0.4 is 10.1 Å². The lowest BCUT2D eigenvalue weighted by Crippen LogP contribution is -2.27. The smallest absolute Gasteiger partial charge is 0.223 e. The molecule has 0 saturated carbocycles. The molecule has 0 unspecified atom stereocenters. The number of aryl methyl sites for hydroxylation is 1. The van der Waals surface area contributed by atoms with Gasteiger partial charge >= 0.3 is 0 Å². The van der Waals surface area contributed by atoms with Crippen molar-refractivity contribution < 1.29 is 9.53 Å². The van der Waals surface area contributed by atoms with Crippen LogP contribution in [0.3, 0.4) is 0 Å². The first kappa shape index (κ1) is 16.4. The lowest BCUT2D eigenvalue weighted by molar-refractivity contribution is -0.122. The minimum atomic E-state index is -0.0782. The summed E-state index contributed by atoms with van der Waals surface area (Å²) in [7, 11) is 0. The van der Waals surface area contributed by atoms with Crippen LogP contribution in [-0.4, -0.2) is 12.5 Å². The summed E-state index contributed by atoms with van der Waals surface area (Å²) in [5.41, 5.74) is 2.17. The largest absolute Gasteiger partial charge is 0.493 e. The van der Waals surface area contributed by atoms with Gasteiger partial charge in [0.15, 0.2) is 0 Å². The monoisotopic (exact) mass is 317 g/mol. The number of amides is 1. The summed E-state index contributed by atoms with van der Waals surface area (Å²) < 4.78 is 5.56. The molecule has 2 aromatic rings. The van der Waals surface area contributed by atoms with Crippen LogP contribution in [0.15, 0.2) is 48.5 Å². The normalized spacial score (nSPS) is 11.8. The van der Waals surface area contributed by atoms with Gasteiger partial charge in [0.25, 0.3) is 0 Å². The van der Waals surface area contributed by atoms with Crippen molar-refractivity contribution in [2.24, 2.45) is 0 Å². The standard InChI is InChI=1S/C18H20ClNO2/c1-13-6-8-17(9-7-13)22-11-10-18(21)20-14(2)15-4-3-5-16(19)12-15/h3-9,12,14H,10-11H2,1-2H3,(H,20,21)/t14-/m1/s1. The fourth-order valence-corrected chi connectivity index (χ4v) is 2.27. The van der Waals surface area contributed by atoms with E-state index >= 15 is 0 Å². The third kappa shape index (κ3) is 5.08. The van der Waals surface area contributed by atoms with Gasteiger partial charge in [-0.25, -0.2) is 0 Å². The Labute approximate surface area is 136 Å². The molecule has 2 aromatic carbocycles. The number of benzene rings is 2. The summed E-state index contributed by atoms with van der Waals surface area (Å²) in [6, 6.07) is 15.2. The summed E-state index contributed by atoms with van der Waals surface area (Å²) in [4.78, 5) is 11.9. The van der Waals surface area contributed by atoms with Crippen molar-refractivity contribution in [3.05, 3.63) is 64.7 Å². The molecule has 1 N–H and O–H groups in total. The summed E-state index contributed by atoms with van der Waals surface area (Å²) in [5.74, 6) is 0.737. The minimum Gasteiger partial charge on any atom is -0.493 e. The lowest BCUT2D eigenvalue weighted by atomic mass is 10.1. The number of carbonyl (C=O) groups excluding carboxylic acids is 1. The lowest BCUT2D eigenvalue weighted by Gasteiger charge is -2.15. The van der Waals surface area contributed by atoms with Crippen LogP contribution in [0.1, 0.15) is 30.5 Å². The maximum Gasteiger partial charge on any atom is 0.223 e. The van der Waals surface area contributed by atoms with Gasteiger partial charge in [-0.05, 0) is 43.7 Å². The predicted octanol–water partition coefficient (Wildman–Crippen LogP) is 4.29. The van der Waals surface area contributed by atoms with Crippen LogP contribution in [0.2, 0.25) is 5.02 Å². The Bertz CT molecular complexity index is 625. The molecule has 4 heteroatoms. The molecule has 1 amide bonds. The van der Waals surface area contributed by atoms with E-state index in [0.29, 0.717) is 18.1 Å². The van der Waals surface area contributed by atoms with Crippen LogP contribution >= 0.6 is 11.6 Å². The summed E-state index contributed by atoms with van der Waals surface area (Å²) >= 11 is 5.96. The zero-order valence-electron chi connectivity index (χ0n) is 12.8. The summed E-state index contributed by atoms with van der Waals surface area (Å²) in [6.45, 7) is 4.32. The quantitative estimate of drug-likeness (QED) is 0.863. The van der Waals surface area contributed by atoms with E-state index in [1.165, 1.54) is 5.56 Å². The number of nitrogens with one attached hydrogen (secondary N) is 1. The van der Waals surface area contributed by atoms with Crippen molar-refractivity contribution >= 4 is 17.5 Å². The van der Waals surface area contributed by atoms with Gasteiger partial charge in [0.05, 0.1) is 19.1 Å². The number of rotatable bonds is 6. The molecule has 3 nitrogen and oxygen atoms in total. The highest BCUT2D eigenvalue weighted by Crippen LogP contribution is 2.17. The van der Waals surface area contributed by atoms with Gasteiger partial charge < -0.3 is 10.1 Å². The highest BCUT2D eigenvalue weighted by molar-refractivity contribution is 6.30. The van der Waals surface area contributed by atoms with Gasteiger partial charge in [0.2, 0.25) is 5.91 Å². The third-order valence-corrected chi connectivity index (χ3v) is 3.58. The fourth-order valence-electron chi connectivity index (χ4n) is 2.07. The first-order valence-electron chi connectivity index (χ1n) is 7.29. The molecule has 0 heterocycles. The van der Waals surface area contributed by atoms with Crippen molar-refractivity contribution in [2.45, 2.75) is 26.3 Å². The van der Waals surface area contributed by atoms with Gasteiger partial charge in [-0.1, -0.05) is 41.4 Å². The Morgan fingerprint density at radius 3 is 2.64 bits per heavy atom. The topological polar surface area (TPSA) is 38.3 Å². The number of hydrogen-bond donors (Lipinski definition) is 1. The van der Waals surface area contributed by atoms with E-state index in [1.54, 1.807) is 0 Å². The van der Waals surface area contributed by atoms with Gasteiger partial charge in [-0.3, -0.25) is 4.79 Å². The number of ether oxygens (including phenoxy) is 1. The van der Waals surface area contributed by atoms with Crippen molar-refractivity contribution in [2.75, 3.05) is 6.61 Å². The first-order valence-corrected chi connectivity index (χ1v) is 7.66. The van der Waals surface area contributed by atoms with Crippen molar-refractivity contribution in [3.63, 3.8) is 0 Å². The molecule has 2 rings (SSSR count). The average molecular weight is 318 g/mol. The van der Waals surface area contributed by atoms with Crippen LogP contribution in [0.5, 0.6) is 5.75 Å². The Hall–Kier alpha value is -2.00. The molecule has 0 aliphatic rings. The SMILES string of the molecule is Cc1ccc(OCCC(=O)N[C@H](C)c2cccc(Cl)c2)cc1. The van der Waals surface area contributed by atoms with Crippen LogP contribution in [0, 0.1) is 6.92 Å².